The molecule has 0 aromatic heterocycles. The first-order valence-corrected chi connectivity index (χ1v) is 17.4. The Bertz CT molecular complexity index is 2420. The summed E-state index contributed by atoms with van der Waals surface area (Å²) in [6.07, 6.45) is 1.11. The number of aromatic hydroxyl groups is 2. The van der Waals surface area contributed by atoms with Crippen LogP contribution in [0, 0.1) is 0 Å². The van der Waals surface area contributed by atoms with Gasteiger partial charge in [0.1, 0.15) is 23.0 Å². The van der Waals surface area contributed by atoms with Crippen molar-refractivity contribution in [2.24, 2.45) is 0 Å². The number of hydrogen-bond donors (Lipinski definition) is 4. The predicted octanol–water partition coefficient (Wildman–Crippen LogP) is 6.70. The zero-order valence-electron chi connectivity index (χ0n) is 29.6. The molecule has 1 aliphatic carbocycles. The molecule has 2 aliphatic heterocycles. The number of thiocarbonyl (C=S) groups is 1. The standard InChI is InChI=1S/C41H34N2O10S/c1-48-32-14-9-24-25(19-31(32)46)30(13-5-20-15-35(49-2)37(50-3)38(51-4)36(20)24)43-40(54)42-21-6-10-27-26(16-21)39(47)53-41(27)28-11-7-22(44)17-33(28)52-34-18-23(45)8-12-29(34)41/h6-12,14-19,30,44-45H,5,13H2,1-4H3,(H2,42,43,54). The van der Waals surface area contributed by atoms with Gasteiger partial charge < -0.3 is 49.3 Å². The van der Waals surface area contributed by atoms with Gasteiger partial charge in [-0.2, -0.15) is 0 Å². The number of aryl methyl sites for hydroxylation is 1. The fourth-order valence-electron chi connectivity index (χ4n) is 7.73. The Morgan fingerprint density at radius 3 is 2.07 bits per heavy atom. The van der Waals surface area contributed by atoms with Crippen molar-refractivity contribution >= 4 is 29.0 Å². The van der Waals surface area contributed by atoms with Crippen molar-refractivity contribution < 1.29 is 43.4 Å². The van der Waals surface area contributed by atoms with Crippen LogP contribution in [0.4, 0.5) is 5.69 Å². The predicted molar refractivity (Wildman–Crippen MR) is 203 cm³/mol. The third-order valence-corrected chi connectivity index (χ3v) is 10.3. The summed E-state index contributed by atoms with van der Waals surface area (Å²) in [5.74, 6) is 1.52. The third kappa shape index (κ3) is 5.38. The highest BCUT2D eigenvalue weighted by Crippen LogP contribution is 2.57. The van der Waals surface area contributed by atoms with E-state index in [0.29, 0.717) is 63.6 Å². The van der Waals surface area contributed by atoms with Crippen LogP contribution >= 0.6 is 12.2 Å². The van der Waals surface area contributed by atoms with Crippen LogP contribution in [0.5, 0.6) is 46.0 Å². The Labute approximate surface area is 314 Å². The molecule has 8 rings (SSSR count). The van der Waals surface area contributed by atoms with Gasteiger partial charge in [-0.3, -0.25) is 4.79 Å². The highest BCUT2D eigenvalue weighted by Gasteiger charge is 2.53. The van der Waals surface area contributed by atoms with E-state index in [1.165, 1.54) is 31.4 Å². The van der Waals surface area contributed by atoms with Gasteiger partial charge in [-0.1, -0.05) is 12.1 Å². The lowest BCUT2D eigenvalue weighted by atomic mass is 9.77. The second kappa shape index (κ2) is 13.2. The average molecular weight is 747 g/mol. The van der Waals surface area contributed by atoms with Crippen molar-refractivity contribution in [1.29, 1.82) is 0 Å². The molecule has 1 spiro atoms. The van der Waals surface area contributed by atoms with E-state index in [4.69, 9.17) is 40.6 Å². The highest BCUT2D eigenvalue weighted by atomic mass is 32.1. The van der Waals surface area contributed by atoms with Crippen LogP contribution in [-0.2, 0) is 16.8 Å². The zero-order valence-corrected chi connectivity index (χ0v) is 30.4. The summed E-state index contributed by atoms with van der Waals surface area (Å²) >= 11 is 5.85. The largest absolute Gasteiger partial charge is 0.508 e. The van der Waals surface area contributed by atoms with Crippen molar-refractivity contribution in [1.82, 2.24) is 5.32 Å². The summed E-state index contributed by atoms with van der Waals surface area (Å²) in [7, 11) is 6.11. The van der Waals surface area contributed by atoms with Crippen LogP contribution in [0.3, 0.4) is 0 Å². The number of rotatable bonds is 6. The third-order valence-electron chi connectivity index (χ3n) is 10.1. The van der Waals surface area contributed by atoms with Gasteiger partial charge in [0.2, 0.25) is 11.2 Å². The molecule has 1 unspecified atom stereocenters. The smallest absolute Gasteiger partial charge is 0.340 e. The number of phenols is 2. The first-order valence-electron chi connectivity index (χ1n) is 16.9. The summed E-state index contributed by atoms with van der Waals surface area (Å²) in [6, 6.07) is 20.9. The Morgan fingerprint density at radius 1 is 0.759 bits per heavy atom. The first kappa shape index (κ1) is 34.6. The molecule has 2 heterocycles. The van der Waals surface area contributed by atoms with Crippen molar-refractivity contribution in [3.8, 4) is 57.1 Å². The summed E-state index contributed by atoms with van der Waals surface area (Å²) in [5, 5.41) is 27.3. The summed E-state index contributed by atoms with van der Waals surface area (Å²) in [6.45, 7) is 0. The molecule has 274 valence electrons. The van der Waals surface area contributed by atoms with E-state index in [-0.39, 0.29) is 39.3 Å². The van der Waals surface area contributed by atoms with Crippen molar-refractivity contribution in [3.05, 3.63) is 122 Å². The molecule has 0 saturated heterocycles. The Morgan fingerprint density at radius 2 is 1.43 bits per heavy atom. The molecule has 4 N–H and O–H groups in total. The number of carbonyl (C=O) groups excluding carboxylic acids is 1. The number of anilines is 1. The molecule has 5 aromatic carbocycles. The number of ether oxygens (including phenoxy) is 6. The van der Waals surface area contributed by atoms with Crippen LogP contribution in [0.1, 0.15) is 50.6 Å². The molecule has 0 bridgehead atoms. The summed E-state index contributed by atoms with van der Waals surface area (Å²) in [5.41, 5.74) is 3.79. The van der Waals surface area contributed by atoms with E-state index < -0.39 is 17.6 Å². The minimum absolute atomic E-state index is 0.0317. The lowest BCUT2D eigenvalue weighted by molar-refractivity contribution is 0.0224. The van der Waals surface area contributed by atoms with Crippen LogP contribution in [-0.4, -0.2) is 49.7 Å². The monoisotopic (exact) mass is 746 g/mol. The molecule has 13 heteroatoms. The minimum Gasteiger partial charge on any atom is -0.508 e. The molecule has 1 atom stereocenters. The Balaban J connectivity index is 1.15. The molecule has 0 saturated carbocycles. The van der Waals surface area contributed by atoms with Gasteiger partial charge in [0, 0.05) is 40.1 Å². The number of phenolic OH excluding ortho intramolecular Hbond substituents is 2. The normalized spacial score (nSPS) is 15.5. The number of hydrogen-bond acceptors (Lipinski definition) is 11. The lowest BCUT2D eigenvalue weighted by Crippen LogP contribution is -2.33. The molecule has 0 fully saturated rings. The lowest BCUT2D eigenvalue weighted by Gasteiger charge is -2.36. The molecule has 12 nitrogen and oxygen atoms in total. The second-order valence-corrected chi connectivity index (χ2v) is 13.4. The molecule has 0 amide bonds. The maximum absolute atomic E-state index is 13.7. The summed E-state index contributed by atoms with van der Waals surface area (Å²) < 4.78 is 34.9. The molecule has 3 aliphatic rings. The van der Waals surface area contributed by atoms with Crippen LogP contribution < -0.4 is 39.7 Å². The molecule has 5 aromatic rings. The molecular weight excluding hydrogens is 713 g/mol. The highest BCUT2D eigenvalue weighted by molar-refractivity contribution is 7.80. The fourth-order valence-corrected chi connectivity index (χ4v) is 7.99. The van der Waals surface area contributed by atoms with Gasteiger partial charge in [0.15, 0.2) is 28.0 Å². The number of fused-ring (bicyclic) bond motifs is 9. The average Bonchev–Trinajstić information content (AvgIpc) is 3.24. The van der Waals surface area contributed by atoms with Crippen LogP contribution in [0.15, 0.2) is 83.7 Å². The van der Waals surface area contributed by atoms with E-state index in [1.807, 2.05) is 12.1 Å². The number of esters is 1. The Hall–Kier alpha value is -6.47. The molecule has 0 radical (unpaired) electrons. The quantitative estimate of drug-likeness (QED) is 0.108. The van der Waals surface area contributed by atoms with E-state index in [9.17, 15) is 19.8 Å². The number of nitrogens with one attached hydrogen (secondary N) is 2. The van der Waals surface area contributed by atoms with Crippen molar-refractivity contribution in [3.63, 3.8) is 0 Å². The van der Waals surface area contributed by atoms with Gasteiger partial charge in [-0.25, -0.2) is 4.79 Å². The molecule has 54 heavy (non-hydrogen) atoms. The summed E-state index contributed by atoms with van der Waals surface area (Å²) in [4.78, 5) is 27.0. The van der Waals surface area contributed by atoms with Gasteiger partial charge in [-0.15, -0.1) is 0 Å². The SMILES string of the molecule is COc1cc2c(c(OC)c1OC)-c1ccc(OC)c(=O)cc1C(NC(=S)Nc1ccc3c(c1)C(=O)OC31c3ccc(O)cc3Oc3cc(O)ccc31)CC2. The van der Waals surface area contributed by atoms with Crippen molar-refractivity contribution in [2.75, 3.05) is 33.8 Å². The number of carbonyl (C=O) groups is 1. The maximum Gasteiger partial charge on any atom is 0.340 e. The van der Waals surface area contributed by atoms with Crippen LogP contribution in [0.2, 0.25) is 0 Å². The second-order valence-electron chi connectivity index (χ2n) is 12.9. The fraction of sp³-hybridized carbons (Fsp3) is 0.195. The van der Waals surface area contributed by atoms with E-state index >= 15 is 0 Å². The topological polar surface area (TPSA) is 154 Å². The number of benzene rings is 4. The first-order chi connectivity index (χ1) is 26.1. The minimum atomic E-state index is -1.40. The van der Waals surface area contributed by atoms with Crippen molar-refractivity contribution in [2.45, 2.75) is 24.5 Å². The van der Waals surface area contributed by atoms with Gasteiger partial charge in [-0.05, 0) is 96.3 Å². The van der Waals surface area contributed by atoms with Crippen LogP contribution in [0.25, 0.3) is 11.1 Å². The maximum atomic E-state index is 13.7. The van der Waals surface area contributed by atoms with Gasteiger partial charge >= 0.3 is 5.97 Å². The molecular formula is C41H34N2O10S. The number of methoxy groups -OCH3 is 4. The van der Waals surface area contributed by atoms with E-state index in [0.717, 1.165) is 16.7 Å². The van der Waals surface area contributed by atoms with E-state index in [2.05, 4.69) is 10.6 Å². The van der Waals surface area contributed by atoms with E-state index in [1.54, 1.807) is 63.8 Å². The Kier molecular flexibility index (Phi) is 8.45. The zero-order chi connectivity index (χ0) is 37.9. The van der Waals surface area contributed by atoms with Gasteiger partial charge in [0.25, 0.3) is 0 Å². The van der Waals surface area contributed by atoms with Gasteiger partial charge in [0.05, 0.1) is 40.0 Å².